The van der Waals surface area contributed by atoms with Crippen molar-refractivity contribution in [1.82, 2.24) is 0 Å². The van der Waals surface area contributed by atoms with Crippen molar-refractivity contribution in [1.29, 1.82) is 0 Å². The van der Waals surface area contributed by atoms with Crippen molar-refractivity contribution in [3.63, 3.8) is 0 Å². The fourth-order valence-electron chi connectivity index (χ4n) is 2.36. The molecular weight excluding hydrogens is 531 g/mol. The van der Waals surface area contributed by atoms with Crippen molar-refractivity contribution in [3.8, 4) is 0 Å². The molecule has 39 heavy (non-hydrogen) atoms. The van der Waals surface area contributed by atoms with Crippen LogP contribution in [-0.4, -0.2) is 47.4 Å². The van der Waals surface area contributed by atoms with Gasteiger partial charge in [-0.25, -0.2) is 0 Å². The summed E-state index contributed by atoms with van der Waals surface area (Å²) in [6, 6.07) is 29.7. The Morgan fingerprint density at radius 1 is 0.821 bits per heavy atom. The summed E-state index contributed by atoms with van der Waals surface area (Å²) < 4.78 is 9.80. The van der Waals surface area contributed by atoms with Crippen LogP contribution in [0, 0.1) is 0 Å². The summed E-state index contributed by atoms with van der Waals surface area (Å²) in [5.41, 5.74) is 3.35. The molecule has 2 N–H and O–H groups in total. The number of ether oxygens (including phenoxy) is 2. The van der Waals surface area contributed by atoms with E-state index in [4.69, 9.17) is 37.8 Å². The van der Waals surface area contributed by atoms with Gasteiger partial charge in [-0.1, -0.05) is 110 Å². The normalized spacial score (nSPS) is 16.9. The first-order chi connectivity index (χ1) is 18.8. The molecule has 0 aliphatic carbocycles. The van der Waals surface area contributed by atoms with Crippen molar-refractivity contribution >= 4 is 29.3 Å². The highest BCUT2D eigenvalue weighted by Crippen LogP contribution is 2.28. The zero-order chi connectivity index (χ0) is 29.3. The number of aliphatic hydroxyl groups excluding tert-OH is 2. The molecule has 0 radical (unpaired) electrons. The Balaban J connectivity index is 0.000000465. The van der Waals surface area contributed by atoms with Crippen LogP contribution in [0.25, 0.3) is 6.08 Å². The topological polar surface area (TPSA) is 65.5 Å². The van der Waals surface area contributed by atoms with Crippen LogP contribution in [0.1, 0.15) is 49.7 Å². The van der Waals surface area contributed by atoms with E-state index < -0.39 is 6.10 Å². The Kier molecular flexibility index (Phi) is 23.1. The number of hydrogen-bond donors (Lipinski definition) is 2. The molecule has 2 aliphatic rings. The van der Waals surface area contributed by atoms with Crippen LogP contribution in [0.15, 0.2) is 110 Å². The lowest BCUT2D eigenvalue weighted by Gasteiger charge is -2.04. The van der Waals surface area contributed by atoms with Crippen molar-refractivity contribution < 1.29 is 19.7 Å². The lowest BCUT2D eigenvalue weighted by atomic mass is 10.1. The smallest absolute Gasteiger partial charge is 0.106 e. The quantitative estimate of drug-likeness (QED) is 0.183. The molecular formula is C33H44Cl2O4. The SMILES string of the molecule is C=CC.C=Cc1ccccc1.CC(O)CCl.CC1CO1.OC(CCl)c1ccccc1.c1ccc(C2CO2)cc1. The lowest BCUT2D eigenvalue weighted by molar-refractivity contribution is 0.202. The van der Waals surface area contributed by atoms with Crippen LogP contribution < -0.4 is 0 Å². The summed E-state index contributed by atoms with van der Waals surface area (Å²) in [4.78, 5) is 0. The number of hydrogen-bond acceptors (Lipinski definition) is 4. The summed E-state index contributed by atoms with van der Waals surface area (Å²) in [6.45, 7) is 14.5. The third kappa shape index (κ3) is 23.2. The Bertz CT molecular complexity index is 945. The second-order valence-electron chi connectivity index (χ2n) is 8.48. The second-order valence-corrected chi connectivity index (χ2v) is 9.10. The number of alkyl halides is 2. The fourth-order valence-corrected chi connectivity index (χ4v) is 2.54. The molecule has 5 rings (SSSR count). The fraction of sp³-hybridized carbons (Fsp3) is 0.333. The highest BCUT2D eigenvalue weighted by molar-refractivity contribution is 6.18. The average molecular weight is 576 g/mol. The van der Waals surface area contributed by atoms with Crippen molar-refractivity contribution in [3.05, 3.63) is 127 Å². The highest BCUT2D eigenvalue weighted by atomic mass is 35.5. The second kappa shape index (κ2) is 24.6. The van der Waals surface area contributed by atoms with Crippen LogP contribution in [0.5, 0.6) is 0 Å². The molecule has 3 aromatic rings. The van der Waals surface area contributed by atoms with E-state index in [9.17, 15) is 5.11 Å². The molecule has 4 atom stereocenters. The van der Waals surface area contributed by atoms with Crippen LogP contribution in [-0.2, 0) is 9.47 Å². The van der Waals surface area contributed by atoms with Gasteiger partial charge in [-0.05, 0) is 37.5 Å². The van der Waals surface area contributed by atoms with E-state index in [-0.39, 0.29) is 12.0 Å². The van der Waals surface area contributed by atoms with Crippen molar-refractivity contribution in [2.24, 2.45) is 0 Å². The van der Waals surface area contributed by atoms with Crippen LogP contribution >= 0.6 is 23.2 Å². The minimum atomic E-state index is -0.525. The molecule has 3 aromatic carbocycles. The van der Waals surface area contributed by atoms with Crippen molar-refractivity contribution in [2.45, 2.75) is 45.2 Å². The first-order valence-electron chi connectivity index (χ1n) is 12.9. The molecule has 2 saturated heterocycles. The lowest BCUT2D eigenvalue weighted by Crippen LogP contribution is -1.98. The summed E-state index contributed by atoms with van der Waals surface area (Å²) in [5, 5.41) is 17.4. The number of benzene rings is 3. The van der Waals surface area contributed by atoms with Gasteiger partial charge in [0.2, 0.25) is 0 Å². The Morgan fingerprint density at radius 3 is 1.49 bits per heavy atom. The van der Waals surface area contributed by atoms with Gasteiger partial charge in [-0.2, -0.15) is 0 Å². The number of rotatable bonds is 5. The maximum Gasteiger partial charge on any atom is 0.106 e. The Hall–Kier alpha value is -2.44. The summed E-state index contributed by atoms with van der Waals surface area (Å²) in [5.74, 6) is 0.587. The molecule has 0 saturated carbocycles. The molecule has 2 heterocycles. The number of aliphatic hydroxyl groups is 2. The van der Waals surface area contributed by atoms with Gasteiger partial charge in [0.05, 0.1) is 37.4 Å². The minimum absolute atomic E-state index is 0.254. The van der Waals surface area contributed by atoms with Gasteiger partial charge in [0.1, 0.15) is 6.10 Å². The first kappa shape index (κ1) is 36.6. The molecule has 2 fully saturated rings. The number of halogens is 2. The largest absolute Gasteiger partial charge is 0.392 e. The highest BCUT2D eigenvalue weighted by Gasteiger charge is 2.23. The first-order valence-corrected chi connectivity index (χ1v) is 13.9. The van der Waals surface area contributed by atoms with Gasteiger partial charge < -0.3 is 19.7 Å². The molecule has 0 spiro atoms. The number of epoxide rings is 2. The third-order valence-corrected chi connectivity index (χ3v) is 5.33. The predicted octanol–water partition coefficient (Wildman–Crippen LogP) is 8.25. The molecule has 6 heteroatoms. The maximum atomic E-state index is 9.20. The van der Waals surface area contributed by atoms with E-state index in [2.05, 4.69) is 32.2 Å². The monoisotopic (exact) mass is 574 g/mol. The summed E-state index contributed by atoms with van der Waals surface area (Å²) >= 11 is 10.5. The molecule has 0 amide bonds. The van der Waals surface area contributed by atoms with Gasteiger partial charge in [-0.15, -0.1) is 29.8 Å². The molecule has 4 nitrogen and oxygen atoms in total. The van der Waals surface area contributed by atoms with Crippen molar-refractivity contribution in [2.75, 3.05) is 25.0 Å². The van der Waals surface area contributed by atoms with Crippen LogP contribution in [0.4, 0.5) is 0 Å². The van der Waals surface area contributed by atoms with Gasteiger partial charge in [0.25, 0.3) is 0 Å². The van der Waals surface area contributed by atoms with E-state index in [1.54, 1.807) is 13.0 Å². The summed E-state index contributed by atoms with van der Waals surface area (Å²) in [6.07, 6.45) is 3.70. The molecule has 0 bridgehead atoms. The predicted molar refractivity (Wildman–Crippen MR) is 167 cm³/mol. The van der Waals surface area contributed by atoms with Crippen LogP contribution in [0.2, 0.25) is 0 Å². The molecule has 4 unspecified atom stereocenters. The number of allylic oxidation sites excluding steroid dienone is 1. The van der Waals surface area contributed by atoms with Gasteiger partial charge in [0, 0.05) is 5.88 Å². The van der Waals surface area contributed by atoms with Gasteiger partial charge in [0.15, 0.2) is 0 Å². The van der Waals surface area contributed by atoms with Gasteiger partial charge >= 0.3 is 0 Å². The zero-order valence-electron chi connectivity index (χ0n) is 23.3. The Labute approximate surface area is 245 Å². The third-order valence-electron chi connectivity index (χ3n) is 4.59. The van der Waals surface area contributed by atoms with E-state index >= 15 is 0 Å². The Morgan fingerprint density at radius 2 is 1.21 bits per heavy atom. The molecule has 2 aliphatic heterocycles. The van der Waals surface area contributed by atoms with E-state index in [0.717, 1.165) is 18.8 Å². The van der Waals surface area contributed by atoms with Crippen LogP contribution in [0.3, 0.4) is 0 Å². The minimum Gasteiger partial charge on any atom is -0.392 e. The molecule has 0 aromatic heterocycles. The average Bonchev–Trinajstić information content (AvgIpc) is 3.93. The summed E-state index contributed by atoms with van der Waals surface area (Å²) in [7, 11) is 0. The maximum absolute atomic E-state index is 9.20. The molecule has 214 valence electrons. The standard InChI is InChI=1S/C8H9ClO.C8H8O.C8H8.C3H7ClO.C3H6O.C3H6/c9-6-8(10)7-4-2-1-3-5-7;1-2-4-7(5-3-1)8-6-9-8;1-2-8-6-4-3-5-7-8;1-3(5)2-4;1-3-2-4-3;1-3-2/h1-5,8,10H,6H2;1-5,8H,6H2;2-7H,1H2;3,5H,2H2,1H3;3H,2H2,1H3;3H,1H2,2H3. The van der Waals surface area contributed by atoms with E-state index in [1.165, 1.54) is 11.1 Å². The van der Waals surface area contributed by atoms with E-state index in [0.29, 0.717) is 18.1 Å². The van der Waals surface area contributed by atoms with E-state index in [1.807, 2.05) is 91.9 Å². The van der Waals surface area contributed by atoms with Gasteiger partial charge in [-0.3, -0.25) is 0 Å². The zero-order valence-corrected chi connectivity index (χ0v) is 24.8.